The van der Waals surface area contributed by atoms with Gasteiger partial charge in [0, 0.05) is 6.92 Å². The topological polar surface area (TPSA) is 132 Å². The highest BCUT2D eigenvalue weighted by molar-refractivity contribution is 5.88. The van der Waals surface area contributed by atoms with E-state index in [1.807, 2.05) is 0 Å². The molecule has 0 saturated carbocycles. The maximum Gasteiger partial charge on any atom is 0.251 e. The van der Waals surface area contributed by atoms with Crippen molar-refractivity contribution in [1.82, 2.24) is 5.32 Å². The number of carbonyl (C=O) groups excluding carboxylic acids is 1. The SMILES string of the molecule is CC(=O)N[C@H]1/C(=N/O)O[C@H](CO)[C@@H](O)[C@@H]1O. The molecule has 92 valence electrons. The zero-order chi connectivity index (χ0) is 12.3. The molecule has 0 radical (unpaired) electrons. The lowest BCUT2D eigenvalue weighted by molar-refractivity contribution is -0.126. The van der Waals surface area contributed by atoms with Gasteiger partial charge in [-0.3, -0.25) is 4.79 Å². The number of oxime groups is 1. The molecule has 0 aromatic rings. The monoisotopic (exact) mass is 234 g/mol. The second kappa shape index (κ2) is 5.10. The maximum absolute atomic E-state index is 10.8. The summed E-state index contributed by atoms with van der Waals surface area (Å²) >= 11 is 0. The van der Waals surface area contributed by atoms with E-state index < -0.39 is 36.9 Å². The number of nitrogens with one attached hydrogen (secondary N) is 1. The van der Waals surface area contributed by atoms with E-state index in [9.17, 15) is 15.0 Å². The lowest BCUT2D eigenvalue weighted by Gasteiger charge is -2.37. The molecule has 1 amide bonds. The van der Waals surface area contributed by atoms with Crippen LogP contribution in [0.5, 0.6) is 0 Å². The van der Waals surface area contributed by atoms with E-state index >= 15 is 0 Å². The fourth-order valence-electron chi connectivity index (χ4n) is 1.46. The molecule has 8 heteroatoms. The summed E-state index contributed by atoms with van der Waals surface area (Å²) in [6.45, 7) is 0.649. The molecule has 1 heterocycles. The highest BCUT2D eigenvalue weighted by Crippen LogP contribution is 2.17. The fraction of sp³-hybridized carbons (Fsp3) is 0.750. The lowest BCUT2D eigenvalue weighted by atomic mass is 9.97. The summed E-state index contributed by atoms with van der Waals surface area (Å²) in [6, 6.07) is -1.14. The molecule has 5 N–H and O–H groups in total. The van der Waals surface area contributed by atoms with E-state index in [1.54, 1.807) is 0 Å². The molecule has 8 nitrogen and oxygen atoms in total. The fourth-order valence-corrected chi connectivity index (χ4v) is 1.46. The van der Waals surface area contributed by atoms with Crippen LogP contribution in [0.1, 0.15) is 6.92 Å². The number of hydrogen-bond acceptors (Lipinski definition) is 7. The van der Waals surface area contributed by atoms with Crippen LogP contribution in [0.15, 0.2) is 5.16 Å². The highest BCUT2D eigenvalue weighted by atomic mass is 16.6. The van der Waals surface area contributed by atoms with E-state index in [-0.39, 0.29) is 5.90 Å². The predicted molar refractivity (Wildman–Crippen MR) is 50.8 cm³/mol. The van der Waals surface area contributed by atoms with Gasteiger partial charge >= 0.3 is 0 Å². The van der Waals surface area contributed by atoms with Gasteiger partial charge in [-0.1, -0.05) is 5.16 Å². The van der Waals surface area contributed by atoms with Crippen LogP contribution in [0.3, 0.4) is 0 Å². The van der Waals surface area contributed by atoms with Crippen LogP contribution in [0, 0.1) is 0 Å². The van der Waals surface area contributed by atoms with E-state index in [0.29, 0.717) is 0 Å². The van der Waals surface area contributed by atoms with Gasteiger partial charge in [0.25, 0.3) is 5.90 Å². The molecule has 0 unspecified atom stereocenters. The van der Waals surface area contributed by atoms with E-state index in [1.165, 1.54) is 6.92 Å². The Kier molecular flexibility index (Phi) is 4.05. The average Bonchev–Trinajstić information content (AvgIpc) is 2.25. The zero-order valence-electron chi connectivity index (χ0n) is 8.57. The Morgan fingerprint density at radius 3 is 2.56 bits per heavy atom. The molecule has 1 aliphatic rings. The van der Waals surface area contributed by atoms with Gasteiger partial charge in [0.1, 0.15) is 18.2 Å². The van der Waals surface area contributed by atoms with Gasteiger partial charge in [-0.05, 0) is 0 Å². The number of nitrogens with zero attached hydrogens (tertiary/aromatic N) is 1. The van der Waals surface area contributed by atoms with Crippen molar-refractivity contribution in [2.24, 2.45) is 5.16 Å². The third-order valence-corrected chi connectivity index (χ3v) is 2.25. The molecule has 16 heavy (non-hydrogen) atoms. The van der Waals surface area contributed by atoms with Crippen molar-refractivity contribution >= 4 is 11.8 Å². The van der Waals surface area contributed by atoms with Crippen molar-refractivity contribution in [1.29, 1.82) is 0 Å². The van der Waals surface area contributed by atoms with Crippen molar-refractivity contribution in [3.05, 3.63) is 0 Å². The second-order valence-corrected chi connectivity index (χ2v) is 3.44. The molecule has 1 rings (SSSR count). The normalized spacial score (nSPS) is 36.9. The number of amides is 1. The molecule has 0 aliphatic carbocycles. The van der Waals surface area contributed by atoms with Gasteiger partial charge in [0.05, 0.1) is 6.61 Å². The largest absolute Gasteiger partial charge is 0.468 e. The minimum Gasteiger partial charge on any atom is -0.468 e. The summed E-state index contributed by atoms with van der Waals surface area (Å²) in [7, 11) is 0. The van der Waals surface area contributed by atoms with Crippen molar-refractivity contribution in [3.63, 3.8) is 0 Å². The summed E-state index contributed by atoms with van der Waals surface area (Å²) in [6.07, 6.45) is -3.89. The summed E-state index contributed by atoms with van der Waals surface area (Å²) in [5, 5.41) is 41.6. The minimum atomic E-state index is -1.42. The van der Waals surface area contributed by atoms with Crippen LogP contribution in [-0.2, 0) is 9.53 Å². The summed E-state index contributed by atoms with van der Waals surface area (Å²) < 4.78 is 4.91. The van der Waals surface area contributed by atoms with Gasteiger partial charge in [-0.15, -0.1) is 0 Å². The molecule has 1 saturated heterocycles. The first kappa shape index (κ1) is 12.7. The molecular formula is C8H14N2O6. The second-order valence-electron chi connectivity index (χ2n) is 3.44. The molecule has 0 aromatic heterocycles. The predicted octanol–water partition coefficient (Wildman–Crippen LogP) is -2.61. The molecule has 0 aromatic carbocycles. The van der Waals surface area contributed by atoms with E-state index in [0.717, 1.165) is 0 Å². The first-order valence-corrected chi connectivity index (χ1v) is 4.64. The summed E-state index contributed by atoms with van der Waals surface area (Å²) in [5.41, 5.74) is 0. The van der Waals surface area contributed by atoms with Crippen molar-refractivity contribution in [2.45, 2.75) is 31.3 Å². The molecule has 1 fully saturated rings. The number of aliphatic hydroxyl groups excluding tert-OH is 3. The Labute approximate surface area is 91.1 Å². The Morgan fingerprint density at radius 1 is 1.50 bits per heavy atom. The van der Waals surface area contributed by atoms with Crippen LogP contribution in [0.25, 0.3) is 0 Å². The molecule has 4 atom stereocenters. The Bertz CT molecular complexity index is 294. The molecule has 0 bridgehead atoms. The number of hydrogen-bond donors (Lipinski definition) is 5. The molecule has 0 spiro atoms. The van der Waals surface area contributed by atoms with Gasteiger partial charge in [0.2, 0.25) is 5.91 Å². The minimum absolute atomic E-state index is 0.355. The smallest absolute Gasteiger partial charge is 0.251 e. The Balaban J connectivity index is 2.86. The van der Waals surface area contributed by atoms with E-state index in [4.69, 9.17) is 15.1 Å². The number of carbonyl (C=O) groups is 1. The van der Waals surface area contributed by atoms with Crippen molar-refractivity contribution in [2.75, 3.05) is 6.61 Å². The third-order valence-electron chi connectivity index (χ3n) is 2.25. The summed E-state index contributed by atoms with van der Waals surface area (Å²) in [5.74, 6) is -0.838. The third kappa shape index (κ3) is 2.40. The van der Waals surface area contributed by atoms with Crippen LogP contribution in [0.2, 0.25) is 0 Å². The lowest BCUT2D eigenvalue weighted by Crippen LogP contribution is -2.62. The number of ether oxygens (including phenoxy) is 1. The highest BCUT2D eigenvalue weighted by Gasteiger charge is 2.43. The first-order chi connectivity index (χ1) is 7.51. The van der Waals surface area contributed by atoms with Gasteiger partial charge in [-0.2, -0.15) is 0 Å². The Hall–Kier alpha value is -1.38. The van der Waals surface area contributed by atoms with Crippen molar-refractivity contribution in [3.8, 4) is 0 Å². The van der Waals surface area contributed by atoms with Gasteiger partial charge < -0.3 is 30.6 Å². The summed E-state index contributed by atoms with van der Waals surface area (Å²) in [4.78, 5) is 10.8. The van der Waals surface area contributed by atoms with E-state index in [2.05, 4.69) is 10.5 Å². The number of rotatable bonds is 2. The number of aliphatic hydroxyl groups is 3. The average molecular weight is 234 g/mol. The van der Waals surface area contributed by atoms with Gasteiger partial charge in [0.15, 0.2) is 6.10 Å². The van der Waals surface area contributed by atoms with Crippen LogP contribution >= 0.6 is 0 Å². The van der Waals surface area contributed by atoms with Crippen LogP contribution < -0.4 is 5.32 Å². The molecular weight excluding hydrogens is 220 g/mol. The standard InChI is InChI=1S/C8H14N2O6/c1-3(12)9-5-7(14)6(13)4(2-11)16-8(5)10-15/h4-7,11,13-15H,2H2,1H3,(H,9,12)/b10-8-/t4-,5-,6-,7-/m1/s1. The van der Waals surface area contributed by atoms with Crippen LogP contribution in [0.4, 0.5) is 0 Å². The zero-order valence-corrected chi connectivity index (χ0v) is 8.57. The quantitative estimate of drug-likeness (QED) is 0.263. The van der Waals surface area contributed by atoms with Gasteiger partial charge in [-0.25, -0.2) is 0 Å². The van der Waals surface area contributed by atoms with Crippen LogP contribution in [-0.4, -0.2) is 63.3 Å². The Morgan fingerprint density at radius 2 is 2.12 bits per heavy atom. The molecule has 1 aliphatic heterocycles. The van der Waals surface area contributed by atoms with Crippen molar-refractivity contribution < 1.29 is 30.1 Å². The first-order valence-electron chi connectivity index (χ1n) is 4.64. The maximum atomic E-state index is 10.8.